The van der Waals surface area contributed by atoms with Crippen molar-refractivity contribution < 1.29 is 14.3 Å². The Labute approximate surface area is 204 Å². The molecule has 2 saturated heterocycles. The molecule has 3 aliphatic rings. The Morgan fingerprint density at radius 1 is 1.18 bits per heavy atom. The second-order valence-electron chi connectivity index (χ2n) is 8.91. The minimum atomic E-state index is -0.259. The highest BCUT2D eigenvalue weighted by atomic mass is 32.2. The van der Waals surface area contributed by atoms with Crippen LogP contribution < -0.4 is 15.0 Å². The van der Waals surface area contributed by atoms with Crippen LogP contribution in [0.1, 0.15) is 35.5 Å². The molecule has 0 atom stereocenters. The number of hydrogen-bond acceptors (Lipinski definition) is 8. The van der Waals surface area contributed by atoms with E-state index in [9.17, 15) is 4.79 Å². The number of nitrogens with zero attached hydrogens (tertiary/aromatic N) is 4. The molecule has 180 valence electrons. The summed E-state index contributed by atoms with van der Waals surface area (Å²) in [5.74, 6) is 2.36. The molecule has 0 unspecified atom stereocenters. The highest BCUT2D eigenvalue weighted by molar-refractivity contribution is 7.99. The third-order valence-corrected chi connectivity index (χ3v) is 7.58. The summed E-state index contributed by atoms with van der Waals surface area (Å²) in [6, 6.07) is 8.12. The van der Waals surface area contributed by atoms with Crippen LogP contribution in [0.3, 0.4) is 0 Å². The zero-order valence-electron chi connectivity index (χ0n) is 19.8. The highest BCUT2D eigenvalue weighted by Gasteiger charge is 2.21. The third kappa shape index (κ3) is 5.21. The summed E-state index contributed by atoms with van der Waals surface area (Å²) < 4.78 is 11.3. The number of carbonyl (C=O) groups excluding carboxylic acids is 1. The summed E-state index contributed by atoms with van der Waals surface area (Å²) in [5.41, 5.74) is 6.26. The molecule has 3 heterocycles. The quantitative estimate of drug-likeness (QED) is 0.645. The number of aromatic nitrogens is 2. The predicted octanol–water partition coefficient (Wildman–Crippen LogP) is 3.30. The largest absolute Gasteiger partial charge is 0.462 e. The molecule has 34 heavy (non-hydrogen) atoms. The molecule has 2 fully saturated rings. The van der Waals surface area contributed by atoms with Crippen LogP contribution in [0.25, 0.3) is 5.57 Å². The number of fused-ring (bicyclic) bond motifs is 1. The molecule has 1 aliphatic carbocycles. The first kappa shape index (κ1) is 23.1. The number of benzene rings is 1. The standard InChI is InChI=1S/C25H31N5O3S/c1-17-13-19-3-4-20(14-21(19)18(17)2)26-24(31)22-15-23(30-8-12-34-16-30)28-25(27-22)33-11-7-29-5-9-32-10-6-29/h3-4,14-15H,5-13,16H2,1-2H3,(H,26,31). The number of allylic oxidation sites excluding steroid dienone is 2. The van der Waals surface area contributed by atoms with Gasteiger partial charge in [0.15, 0.2) is 0 Å². The molecule has 1 N–H and O–H groups in total. The molecule has 5 rings (SSSR count). The van der Waals surface area contributed by atoms with Gasteiger partial charge in [-0.15, -0.1) is 11.8 Å². The molecule has 0 bridgehead atoms. The van der Waals surface area contributed by atoms with Crippen LogP contribution in [0, 0.1) is 0 Å². The minimum Gasteiger partial charge on any atom is -0.462 e. The van der Waals surface area contributed by atoms with Crippen molar-refractivity contribution in [2.45, 2.75) is 20.3 Å². The Morgan fingerprint density at radius 2 is 2.03 bits per heavy atom. The van der Waals surface area contributed by atoms with Crippen LogP contribution in [0.2, 0.25) is 0 Å². The second kappa shape index (κ2) is 10.3. The SMILES string of the molecule is CC1=C(C)c2cc(NC(=O)c3cc(N4CCSC4)nc(OCCN4CCOCC4)n3)ccc2C1. The lowest BCUT2D eigenvalue weighted by Crippen LogP contribution is -2.38. The zero-order chi connectivity index (χ0) is 23.5. The topological polar surface area (TPSA) is 79.8 Å². The van der Waals surface area contributed by atoms with Gasteiger partial charge in [0.2, 0.25) is 0 Å². The van der Waals surface area contributed by atoms with E-state index in [1.165, 1.54) is 22.3 Å². The first-order valence-electron chi connectivity index (χ1n) is 11.8. The van der Waals surface area contributed by atoms with Crippen molar-refractivity contribution in [1.82, 2.24) is 14.9 Å². The summed E-state index contributed by atoms with van der Waals surface area (Å²) in [7, 11) is 0. The van der Waals surface area contributed by atoms with Crippen molar-refractivity contribution >= 4 is 34.7 Å². The Balaban J connectivity index is 1.32. The van der Waals surface area contributed by atoms with E-state index in [1.807, 2.05) is 17.8 Å². The number of morpholine rings is 1. The zero-order valence-corrected chi connectivity index (χ0v) is 20.6. The van der Waals surface area contributed by atoms with Crippen molar-refractivity contribution in [2.24, 2.45) is 0 Å². The Hall–Kier alpha value is -2.62. The lowest BCUT2D eigenvalue weighted by Gasteiger charge is -2.26. The number of carbonyl (C=O) groups is 1. The number of ether oxygens (including phenoxy) is 2. The Bertz CT molecular complexity index is 1090. The fourth-order valence-corrected chi connectivity index (χ4v) is 5.40. The van der Waals surface area contributed by atoms with Gasteiger partial charge in [-0.2, -0.15) is 9.97 Å². The van der Waals surface area contributed by atoms with Crippen molar-refractivity contribution in [1.29, 1.82) is 0 Å². The number of thioether (sulfide) groups is 1. The normalized spacial score (nSPS) is 18.4. The minimum absolute atomic E-state index is 0.246. The van der Waals surface area contributed by atoms with E-state index in [2.05, 4.69) is 51.1 Å². The van der Waals surface area contributed by atoms with Crippen LogP contribution in [0.4, 0.5) is 11.5 Å². The van der Waals surface area contributed by atoms with Crippen LogP contribution in [-0.4, -0.2) is 78.4 Å². The fraction of sp³-hybridized carbons (Fsp3) is 0.480. The maximum Gasteiger partial charge on any atom is 0.319 e. The molecule has 0 saturated carbocycles. The Kier molecular flexibility index (Phi) is 7.03. The van der Waals surface area contributed by atoms with E-state index in [4.69, 9.17) is 9.47 Å². The molecule has 2 aromatic rings. The summed E-state index contributed by atoms with van der Waals surface area (Å²) in [6.07, 6.45) is 0.976. The number of anilines is 2. The molecule has 8 nitrogen and oxygen atoms in total. The van der Waals surface area contributed by atoms with Crippen LogP contribution in [0.5, 0.6) is 6.01 Å². The average molecular weight is 482 g/mol. The lowest BCUT2D eigenvalue weighted by atomic mass is 10.1. The van der Waals surface area contributed by atoms with Gasteiger partial charge in [-0.05, 0) is 49.1 Å². The summed E-state index contributed by atoms with van der Waals surface area (Å²) >= 11 is 1.85. The number of nitrogens with one attached hydrogen (secondary N) is 1. The molecular weight excluding hydrogens is 450 g/mol. The molecule has 1 amide bonds. The van der Waals surface area contributed by atoms with Crippen LogP contribution in [-0.2, 0) is 11.2 Å². The molecular formula is C25H31N5O3S. The second-order valence-corrected chi connectivity index (χ2v) is 9.98. The van der Waals surface area contributed by atoms with E-state index in [-0.39, 0.29) is 11.9 Å². The van der Waals surface area contributed by atoms with Crippen LogP contribution >= 0.6 is 11.8 Å². The van der Waals surface area contributed by atoms with E-state index >= 15 is 0 Å². The van der Waals surface area contributed by atoms with Gasteiger partial charge in [-0.1, -0.05) is 11.6 Å². The Morgan fingerprint density at radius 3 is 2.82 bits per heavy atom. The van der Waals surface area contributed by atoms with Gasteiger partial charge in [-0.3, -0.25) is 9.69 Å². The monoisotopic (exact) mass is 481 g/mol. The van der Waals surface area contributed by atoms with Crippen molar-refractivity contribution in [3.8, 4) is 6.01 Å². The maximum absolute atomic E-state index is 13.2. The van der Waals surface area contributed by atoms with E-state index in [0.29, 0.717) is 12.3 Å². The smallest absolute Gasteiger partial charge is 0.319 e. The molecule has 9 heteroatoms. The van der Waals surface area contributed by atoms with Gasteiger partial charge in [0.1, 0.15) is 18.1 Å². The van der Waals surface area contributed by atoms with Gasteiger partial charge in [0.25, 0.3) is 5.91 Å². The predicted molar refractivity (Wildman–Crippen MR) is 136 cm³/mol. The molecule has 0 radical (unpaired) electrons. The summed E-state index contributed by atoms with van der Waals surface area (Å²) in [6.45, 7) is 9.74. The van der Waals surface area contributed by atoms with Crippen molar-refractivity contribution in [3.05, 3.63) is 46.7 Å². The van der Waals surface area contributed by atoms with Gasteiger partial charge < -0.3 is 19.7 Å². The molecule has 1 aromatic carbocycles. The van der Waals surface area contributed by atoms with Gasteiger partial charge in [0.05, 0.1) is 19.1 Å². The van der Waals surface area contributed by atoms with Crippen molar-refractivity contribution in [3.63, 3.8) is 0 Å². The molecule has 1 aromatic heterocycles. The number of hydrogen-bond donors (Lipinski definition) is 1. The first-order chi connectivity index (χ1) is 16.6. The summed E-state index contributed by atoms with van der Waals surface area (Å²) in [4.78, 5) is 26.7. The highest BCUT2D eigenvalue weighted by Crippen LogP contribution is 2.34. The molecule has 2 aliphatic heterocycles. The van der Waals surface area contributed by atoms with E-state index < -0.39 is 0 Å². The first-order valence-corrected chi connectivity index (χ1v) is 13.0. The average Bonchev–Trinajstić information content (AvgIpc) is 3.49. The van der Waals surface area contributed by atoms with Crippen molar-refractivity contribution in [2.75, 3.05) is 67.8 Å². The van der Waals surface area contributed by atoms with Gasteiger partial charge >= 0.3 is 6.01 Å². The van der Waals surface area contributed by atoms with E-state index in [1.54, 1.807) is 6.07 Å². The van der Waals surface area contributed by atoms with Crippen LogP contribution in [0.15, 0.2) is 29.8 Å². The number of rotatable bonds is 7. The molecule has 0 spiro atoms. The summed E-state index contributed by atoms with van der Waals surface area (Å²) in [5, 5.41) is 3.02. The lowest BCUT2D eigenvalue weighted by molar-refractivity contribution is 0.0317. The van der Waals surface area contributed by atoms with E-state index in [0.717, 1.165) is 68.9 Å². The third-order valence-electron chi connectivity index (χ3n) is 6.61. The number of amides is 1. The maximum atomic E-state index is 13.2. The van der Waals surface area contributed by atoms with Gasteiger partial charge in [0, 0.05) is 43.7 Å². The fourth-order valence-electron chi connectivity index (χ4n) is 4.44. The van der Waals surface area contributed by atoms with Gasteiger partial charge in [-0.25, -0.2) is 0 Å².